The number of fused-ring (bicyclic) bond motifs is 1. The van der Waals surface area contributed by atoms with E-state index < -0.39 is 18.0 Å². The summed E-state index contributed by atoms with van der Waals surface area (Å²) in [5, 5.41) is 5.98. The van der Waals surface area contributed by atoms with Gasteiger partial charge in [0, 0.05) is 36.2 Å². The Labute approximate surface area is 199 Å². The van der Waals surface area contributed by atoms with Crippen LogP contribution in [0.25, 0.3) is 0 Å². The molecule has 3 aliphatic carbocycles. The molecule has 1 aliphatic heterocycles. The maximum Gasteiger partial charge on any atom is 0.261 e. The lowest BCUT2D eigenvalue weighted by Gasteiger charge is -2.70. The van der Waals surface area contributed by atoms with Crippen molar-refractivity contribution >= 4 is 23.4 Å². The van der Waals surface area contributed by atoms with Gasteiger partial charge in [-0.25, -0.2) is 8.78 Å². The predicted molar refractivity (Wildman–Crippen MR) is 118 cm³/mol. The summed E-state index contributed by atoms with van der Waals surface area (Å²) in [7, 11) is 1.51. The van der Waals surface area contributed by atoms with E-state index in [-0.39, 0.29) is 52.5 Å². The minimum Gasteiger partial charge on any atom is -0.484 e. The smallest absolute Gasteiger partial charge is 0.261 e. The van der Waals surface area contributed by atoms with E-state index in [0.717, 1.165) is 6.07 Å². The number of hydrogen-bond acceptors (Lipinski definition) is 5. The van der Waals surface area contributed by atoms with Crippen molar-refractivity contribution in [2.75, 3.05) is 13.7 Å². The van der Waals surface area contributed by atoms with Crippen molar-refractivity contribution in [1.82, 2.24) is 10.6 Å². The highest BCUT2D eigenvalue weighted by atomic mass is 35.5. The van der Waals surface area contributed by atoms with Crippen molar-refractivity contribution in [3.63, 3.8) is 0 Å². The molecule has 2 aromatic rings. The maximum absolute atomic E-state index is 13.6. The van der Waals surface area contributed by atoms with Crippen LogP contribution >= 0.6 is 11.6 Å². The van der Waals surface area contributed by atoms with Gasteiger partial charge in [0.1, 0.15) is 23.1 Å². The number of benzene rings is 2. The van der Waals surface area contributed by atoms with Crippen LogP contribution in [0.1, 0.15) is 37.4 Å². The summed E-state index contributed by atoms with van der Waals surface area (Å²) >= 11 is 5.64. The standard InChI is InChI=1S/C24H23ClF2N2O5/c1-32-19-8-20(34-18-5-2-13(26)6-15(18)19)22(31)29-24-10-23(11-24,12-24)28-21(30)9-33-14-3-4-16(25)17(27)7-14/h2-7,19-20H,8-12H2,1H3,(H,28,30)(H,29,31). The number of nitrogens with one attached hydrogen (secondary N) is 2. The van der Waals surface area contributed by atoms with Gasteiger partial charge >= 0.3 is 0 Å². The van der Waals surface area contributed by atoms with Gasteiger partial charge in [-0.1, -0.05) is 11.6 Å². The van der Waals surface area contributed by atoms with Crippen LogP contribution < -0.4 is 20.1 Å². The molecule has 4 aliphatic rings. The molecule has 2 unspecified atom stereocenters. The molecule has 1 heterocycles. The second-order valence-electron chi connectivity index (χ2n) is 9.24. The van der Waals surface area contributed by atoms with Crippen LogP contribution in [0.4, 0.5) is 8.78 Å². The van der Waals surface area contributed by atoms with Crippen molar-refractivity contribution in [2.45, 2.75) is 49.0 Å². The third-order valence-corrected chi connectivity index (χ3v) is 6.98. The largest absolute Gasteiger partial charge is 0.484 e. The summed E-state index contributed by atoms with van der Waals surface area (Å²) in [5.41, 5.74) is -0.159. The molecular formula is C24H23ClF2N2O5. The van der Waals surface area contributed by atoms with Gasteiger partial charge in [0.15, 0.2) is 12.7 Å². The number of methoxy groups -OCH3 is 1. The van der Waals surface area contributed by atoms with Gasteiger partial charge in [0.05, 0.1) is 11.1 Å². The highest BCUT2D eigenvalue weighted by Gasteiger charge is 2.69. The van der Waals surface area contributed by atoms with E-state index in [1.807, 2.05) is 0 Å². The third kappa shape index (κ3) is 4.18. The normalized spacial score (nSPS) is 28.5. The molecule has 2 amide bonds. The van der Waals surface area contributed by atoms with Crippen LogP contribution in [0.2, 0.25) is 5.02 Å². The van der Waals surface area contributed by atoms with Gasteiger partial charge < -0.3 is 24.8 Å². The lowest BCUT2D eigenvalue weighted by molar-refractivity contribution is -0.155. The minimum atomic E-state index is -0.754. The number of ether oxygens (including phenoxy) is 3. The summed E-state index contributed by atoms with van der Waals surface area (Å²) in [5.74, 6) is -0.946. The maximum atomic E-state index is 13.6. The molecule has 2 N–H and O–H groups in total. The van der Waals surface area contributed by atoms with Gasteiger partial charge in [-0.05, 0) is 49.6 Å². The third-order valence-electron chi connectivity index (χ3n) is 6.68. The quantitative estimate of drug-likeness (QED) is 0.618. The highest BCUT2D eigenvalue weighted by molar-refractivity contribution is 6.30. The average Bonchev–Trinajstić information content (AvgIpc) is 2.76. The van der Waals surface area contributed by atoms with Gasteiger partial charge in [-0.2, -0.15) is 0 Å². The molecule has 180 valence electrons. The second-order valence-corrected chi connectivity index (χ2v) is 9.65. The number of rotatable bonds is 7. The van der Waals surface area contributed by atoms with Crippen molar-refractivity contribution < 1.29 is 32.6 Å². The summed E-state index contributed by atoms with van der Waals surface area (Å²) in [6.45, 7) is -0.253. The molecule has 34 heavy (non-hydrogen) atoms. The fourth-order valence-corrected chi connectivity index (χ4v) is 5.34. The van der Waals surface area contributed by atoms with Gasteiger partial charge in [0.2, 0.25) is 0 Å². The van der Waals surface area contributed by atoms with E-state index >= 15 is 0 Å². The molecule has 0 saturated heterocycles. The Hall–Kier alpha value is -2.91. The molecule has 7 nitrogen and oxygen atoms in total. The van der Waals surface area contributed by atoms with Gasteiger partial charge in [-0.3, -0.25) is 9.59 Å². The second kappa shape index (κ2) is 8.39. The Bertz CT molecular complexity index is 1140. The first-order valence-corrected chi connectivity index (χ1v) is 11.3. The number of carbonyl (C=O) groups is 2. The average molecular weight is 493 g/mol. The topological polar surface area (TPSA) is 85.9 Å². The Morgan fingerprint density at radius 2 is 1.85 bits per heavy atom. The molecule has 2 atom stereocenters. The zero-order chi connectivity index (χ0) is 24.1. The summed E-state index contributed by atoms with van der Waals surface area (Å²) in [6, 6.07) is 8.12. The zero-order valence-electron chi connectivity index (χ0n) is 18.3. The Morgan fingerprint density at radius 1 is 1.12 bits per heavy atom. The van der Waals surface area contributed by atoms with Crippen molar-refractivity contribution in [2.24, 2.45) is 0 Å². The first kappa shape index (κ1) is 22.9. The molecule has 3 saturated carbocycles. The first-order chi connectivity index (χ1) is 16.2. The summed E-state index contributed by atoms with van der Waals surface area (Å²) < 4.78 is 43.7. The summed E-state index contributed by atoms with van der Waals surface area (Å²) in [6.07, 6.45) is 0.901. The molecule has 6 rings (SSSR count). The van der Waals surface area contributed by atoms with E-state index in [9.17, 15) is 18.4 Å². The van der Waals surface area contributed by atoms with Gasteiger partial charge in [-0.15, -0.1) is 0 Å². The Kier molecular flexibility index (Phi) is 5.64. The number of hydrogen-bond donors (Lipinski definition) is 2. The molecular weight excluding hydrogens is 470 g/mol. The first-order valence-electron chi connectivity index (χ1n) is 10.9. The zero-order valence-corrected chi connectivity index (χ0v) is 19.1. The fourth-order valence-electron chi connectivity index (χ4n) is 5.23. The lowest BCUT2D eigenvalue weighted by Crippen LogP contribution is -2.84. The number of amides is 2. The monoisotopic (exact) mass is 492 g/mol. The lowest BCUT2D eigenvalue weighted by atomic mass is 9.44. The van der Waals surface area contributed by atoms with Crippen LogP contribution in [0, 0.1) is 11.6 Å². The van der Waals surface area contributed by atoms with E-state index in [1.165, 1.54) is 37.4 Å². The summed E-state index contributed by atoms with van der Waals surface area (Å²) in [4.78, 5) is 25.2. The molecule has 2 bridgehead atoms. The molecule has 0 radical (unpaired) electrons. The van der Waals surface area contributed by atoms with Crippen molar-refractivity contribution in [1.29, 1.82) is 0 Å². The molecule has 10 heteroatoms. The van der Waals surface area contributed by atoms with Crippen LogP contribution in [-0.4, -0.2) is 42.7 Å². The highest BCUT2D eigenvalue weighted by Crippen LogP contribution is 2.60. The van der Waals surface area contributed by atoms with E-state index in [2.05, 4.69) is 10.6 Å². The molecule has 0 spiro atoms. The van der Waals surface area contributed by atoms with Crippen LogP contribution in [0.5, 0.6) is 11.5 Å². The predicted octanol–water partition coefficient (Wildman–Crippen LogP) is 3.44. The number of carbonyl (C=O) groups excluding carboxylic acids is 2. The van der Waals surface area contributed by atoms with E-state index in [1.54, 1.807) is 0 Å². The van der Waals surface area contributed by atoms with Crippen LogP contribution in [0.3, 0.4) is 0 Å². The van der Waals surface area contributed by atoms with Gasteiger partial charge in [0.25, 0.3) is 11.8 Å². The fraction of sp³-hybridized carbons (Fsp3) is 0.417. The van der Waals surface area contributed by atoms with E-state index in [0.29, 0.717) is 30.6 Å². The Morgan fingerprint density at radius 3 is 2.56 bits per heavy atom. The van der Waals surface area contributed by atoms with Crippen LogP contribution in [-0.2, 0) is 14.3 Å². The van der Waals surface area contributed by atoms with Crippen molar-refractivity contribution in [3.05, 3.63) is 58.6 Å². The number of halogens is 3. The molecule has 0 aromatic heterocycles. The Balaban J connectivity index is 1.11. The van der Waals surface area contributed by atoms with Crippen molar-refractivity contribution in [3.8, 4) is 11.5 Å². The molecule has 3 fully saturated rings. The molecule has 2 aromatic carbocycles. The SMILES string of the molecule is COC1CC(C(=O)NC23CC(NC(=O)COc4ccc(Cl)c(F)c4)(C2)C3)Oc2ccc(F)cc21. The minimum absolute atomic E-state index is 0.0208. The van der Waals surface area contributed by atoms with E-state index in [4.69, 9.17) is 25.8 Å². The van der Waals surface area contributed by atoms with Crippen LogP contribution in [0.15, 0.2) is 36.4 Å².